The maximum absolute atomic E-state index is 12.6. The summed E-state index contributed by atoms with van der Waals surface area (Å²) in [5.74, 6) is 0.142. The summed E-state index contributed by atoms with van der Waals surface area (Å²) in [5.41, 5.74) is 6.05. The SMILES string of the molecule is CCC[C@@H](N)C(=O)N(CCN(C)C)C1CCN(C)CC1. The van der Waals surface area contributed by atoms with Crippen LogP contribution in [0.15, 0.2) is 0 Å². The number of likely N-dealkylation sites (tertiary alicyclic amines) is 1. The van der Waals surface area contributed by atoms with Crippen LogP contribution in [0.2, 0.25) is 0 Å². The molecule has 0 spiro atoms. The lowest BCUT2D eigenvalue weighted by Gasteiger charge is -2.39. The van der Waals surface area contributed by atoms with E-state index in [9.17, 15) is 4.79 Å². The summed E-state index contributed by atoms with van der Waals surface area (Å²) < 4.78 is 0. The lowest BCUT2D eigenvalue weighted by molar-refractivity contribution is -0.136. The van der Waals surface area contributed by atoms with Crippen LogP contribution in [-0.2, 0) is 4.79 Å². The van der Waals surface area contributed by atoms with Crippen LogP contribution in [0.1, 0.15) is 32.6 Å². The van der Waals surface area contributed by atoms with Gasteiger partial charge in [-0.3, -0.25) is 4.79 Å². The van der Waals surface area contributed by atoms with Gasteiger partial charge in [-0.05, 0) is 53.5 Å². The van der Waals surface area contributed by atoms with Crippen molar-refractivity contribution >= 4 is 5.91 Å². The molecule has 1 amide bonds. The molecule has 0 aromatic carbocycles. The molecule has 118 valence electrons. The molecule has 1 heterocycles. The molecule has 1 saturated heterocycles. The second kappa shape index (κ2) is 8.60. The second-order valence-corrected chi connectivity index (χ2v) is 6.26. The third kappa shape index (κ3) is 5.38. The molecule has 0 aliphatic carbocycles. The summed E-state index contributed by atoms with van der Waals surface area (Å²) in [4.78, 5) is 19.1. The van der Waals surface area contributed by atoms with Crippen molar-refractivity contribution in [1.29, 1.82) is 0 Å². The number of carbonyl (C=O) groups excluding carboxylic acids is 1. The zero-order valence-electron chi connectivity index (χ0n) is 13.6. The van der Waals surface area contributed by atoms with Crippen LogP contribution in [0, 0.1) is 0 Å². The number of amides is 1. The predicted molar refractivity (Wildman–Crippen MR) is 83.7 cm³/mol. The molecule has 1 aliphatic rings. The molecule has 0 bridgehead atoms. The number of nitrogens with two attached hydrogens (primary N) is 1. The number of nitrogens with zero attached hydrogens (tertiary/aromatic N) is 3. The molecule has 0 radical (unpaired) electrons. The molecule has 0 aromatic rings. The molecule has 5 heteroatoms. The Labute approximate surface area is 124 Å². The topological polar surface area (TPSA) is 52.8 Å². The Kier molecular flexibility index (Phi) is 7.48. The monoisotopic (exact) mass is 284 g/mol. The lowest BCUT2D eigenvalue weighted by Crippen LogP contribution is -2.53. The molecule has 2 N–H and O–H groups in total. The summed E-state index contributed by atoms with van der Waals surface area (Å²) in [6.45, 7) is 5.90. The Bertz CT molecular complexity index is 288. The number of hydrogen-bond donors (Lipinski definition) is 1. The fourth-order valence-corrected chi connectivity index (χ4v) is 2.73. The van der Waals surface area contributed by atoms with Crippen LogP contribution < -0.4 is 5.73 Å². The molecular formula is C15H32N4O. The number of hydrogen-bond acceptors (Lipinski definition) is 4. The number of piperidine rings is 1. The van der Waals surface area contributed by atoms with E-state index in [2.05, 4.69) is 23.8 Å². The largest absolute Gasteiger partial charge is 0.337 e. The van der Waals surface area contributed by atoms with Crippen LogP contribution >= 0.6 is 0 Å². The molecule has 1 rings (SSSR count). The third-order valence-electron chi connectivity index (χ3n) is 4.12. The molecular weight excluding hydrogens is 252 g/mol. The summed E-state index contributed by atoms with van der Waals surface area (Å²) in [6, 6.07) is 0.0309. The highest BCUT2D eigenvalue weighted by Gasteiger charge is 2.29. The quantitative estimate of drug-likeness (QED) is 0.744. The Hall–Kier alpha value is -0.650. The minimum absolute atomic E-state index is 0.142. The molecule has 1 fully saturated rings. The summed E-state index contributed by atoms with van der Waals surface area (Å²) in [5, 5.41) is 0. The van der Waals surface area contributed by atoms with Gasteiger partial charge in [-0.15, -0.1) is 0 Å². The molecule has 1 atom stereocenters. The average Bonchev–Trinajstić information content (AvgIpc) is 2.40. The van der Waals surface area contributed by atoms with Crippen LogP contribution in [0.25, 0.3) is 0 Å². The molecule has 0 aromatic heterocycles. The van der Waals surface area contributed by atoms with Crippen LogP contribution in [-0.4, -0.2) is 80.0 Å². The van der Waals surface area contributed by atoms with E-state index in [1.54, 1.807) is 0 Å². The summed E-state index contributed by atoms with van der Waals surface area (Å²) in [7, 11) is 6.23. The van der Waals surface area contributed by atoms with E-state index < -0.39 is 0 Å². The smallest absolute Gasteiger partial charge is 0.239 e. The highest BCUT2D eigenvalue weighted by molar-refractivity contribution is 5.82. The van der Waals surface area contributed by atoms with Gasteiger partial charge >= 0.3 is 0 Å². The van der Waals surface area contributed by atoms with Gasteiger partial charge in [-0.1, -0.05) is 13.3 Å². The standard InChI is InChI=1S/C15H32N4O/c1-5-6-14(16)15(20)19(12-11-17(2)3)13-7-9-18(4)10-8-13/h13-14H,5-12,16H2,1-4H3/t14-/m1/s1. The molecule has 20 heavy (non-hydrogen) atoms. The Morgan fingerprint density at radius 3 is 2.40 bits per heavy atom. The summed E-state index contributed by atoms with van der Waals surface area (Å²) >= 11 is 0. The maximum Gasteiger partial charge on any atom is 0.239 e. The maximum atomic E-state index is 12.6. The highest BCUT2D eigenvalue weighted by Crippen LogP contribution is 2.17. The Morgan fingerprint density at radius 2 is 1.90 bits per heavy atom. The zero-order chi connectivity index (χ0) is 15.1. The van der Waals surface area contributed by atoms with Crippen molar-refractivity contribution in [3.8, 4) is 0 Å². The molecule has 0 unspecified atom stereocenters. The fraction of sp³-hybridized carbons (Fsp3) is 0.933. The van der Waals surface area contributed by atoms with E-state index in [0.29, 0.717) is 6.04 Å². The van der Waals surface area contributed by atoms with Crippen LogP contribution in [0.5, 0.6) is 0 Å². The van der Waals surface area contributed by atoms with Gasteiger partial charge in [0.25, 0.3) is 0 Å². The molecule has 5 nitrogen and oxygen atoms in total. The van der Waals surface area contributed by atoms with Gasteiger partial charge in [0.2, 0.25) is 5.91 Å². The first-order chi connectivity index (χ1) is 9.45. The number of rotatable bonds is 7. The molecule has 1 aliphatic heterocycles. The van der Waals surface area contributed by atoms with Crippen molar-refractivity contribution in [2.75, 3.05) is 47.3 Å². The van der Waals surface area contributed by atoms with E-state index in [4.69, 9.17) is 5.73 Å². The number of likely N-dealkylation sites (N-methyl/N-ethyl adjacent to an activating group) is 1. The number of carbonyl (C=O) groups is 1. The van der Waals surface area contributed by atoms with Crippen molar-refractivity contribution < 1.29 is 4.79 Å². The normalized spacial score (nSPS) is 19.3. The van der Waals surface area contributed by atoms with Crippen LogP contribution in [0.4, 0.5) is 0 Å². The minimum atomic E-state index is -0.332. The summed E-state index contributed by atoms with van der Waals surface area (Å²) in [6.07, 6.45) is 3.87. The van der Waals surface area contributed by atoms with Gasteiger partial charge in [0.15, 0.2) is 0 Å². The van der Waals surface area contributed by atoms with Gasteiger partial charge < -0.3 is 20.4 Å². The first kappa shape index (κ1) is 17.4. The van der Waals surface area contributed by atoms with E-state index in [1.807, 2.05) is 19.0 Å². The van der Waals surface area contributed by atoms with E-state index in [1.165, 1.54) is 0 Å². The third-order valence-corrected chi connectivity index (χ3v) is 4.12. The lowest BCUT2D eigenvalue weighted by atomic mass is 10.0. The van der Waals surface area contributed by atoms with E-state index in [-0.39, 0.29) is 11.9 Å². The van der Waals surface area contributed by atoms with Gasteiger partial charge in [0.05, 0.1) is 6.04 Å². The van der Waals surface area contributed by atoms with Crippen molar-refractivity contribution in [3.63, 3.8) is 0 Å². The zero-order valence-corrected chi connectivity index (χ0v) is 13.6. The van der Waals surface area contributed by atoms with Gasteiger partial charge in [0, 0.05) is 19.1 Å². The van der Waals surface area contributed by atoms with Crippen LogP contribution in [0.3, 0.4) is 0 Å². The van der Waals surface area contributed by atoms with Gasteiger partial charge in [-0.25, -0.2) is 0 Å². The van der Waals surface area contributed by atoms with Crippen molar-refractivity contribution in [1.82, 2.24) is 14.7 Å². The van der Waals surface area contributed by atoms with Crippen molar-refractivity contribution in [2.45, 2.75) is 44.7 Å². The van der Waals surface area contributed by atoms with E-state index >= 15 is 0 Å². The predicted octanol–water partition coefficient (Wildman–Crippen LogP) is 0.598. The van der Waals surface area contributed by atoms with Gasteiger partial charge in [-0.2, -0.15) is 0 Å². The highest BCUT2D eigenvalue weighted by atomic mass is 16.2. The molecule has 0 saturated carbocycles. The van der Waals surface area contributed by atoms with Crippen molar-refractivity contribution in [2.24, 2.45) is 5.73 Å². The van der Waals surface area contributed by atoms with Crippen molar-refractivity contribution in [3.05, 3.63) is 0 Å². The van der Waals surface area contributed by atoms with E-state index in [0.717, 1.165) is 51.9 Å². The second-order valence-electron chi connectivity index (χ2n) is 6.26. The fourth-order valence-electron chi connectivity index (χ4n) is 2.73. The average molecular weight is 284 g/mol. The first-order valence-corrected chi connectivity index (χ1v) is 7.85. The first-order valence-electron chi connectivity index (χ1n) is 7.85. The Morgan fingerprint density at radius 1 is 1.30 bits per heavy atom. The van der Waals surface area contributed by atoms with Gasteiger partial charge in [0.1, 0.15) is 0 Å². The minimum Gasteiger partial charge on any atom is -0.337 e. The Balaban J connectivity index is 2.66.